The number of nitrogens with one attached hydrogen (secondary N) is 16. The van der Waals surface area contributed by atoms with E-state index >= 15 is 33.6 Å². The lowest BCUT2D eigenvalue weighted by atomic mass is 10.00. The number of primary amides is 2. The van der Waals surface area contributed by atoms with Crippen LogP contribution in [0.2, 0.25) is 0 Å². The molecule has 0 radical (unpaired) electrons. The highest BCUT2D eigenvalue weighted by Crippen LogP contribution is 2.27. The third-order valence-electron chi connectivity index (χ3n) is 23.1. The Bertz CT molecular complexity index is 5380. The number of carbonyl (C=O) groups is 18. The maximum absolute atomic E-state index is 15.5. The first-order valence-corrected chi connectivity index (χ1v) is 46.4. The molecule has 742 valence electrons. The SMILES string of the molecule is CC(C)C[C@@H]1NC(=O)[C@H](CCC(=O)O)NC(=O)[C@H](CC(C)C)NC(=O)[C@@H]2CCCN2C(=O)[C@H](CCCNC(=N)N)NC(=O)[C@H](Cc2ccc(O)cc2)NC(=O)[C@@H]2CCCN2C(=O)[C@H](Cc2ccc(O)cc2)NC(=O)[C@H](CC(N)=O)NC(=O)[C@@H](Cc2ccc(O)cc2)NC(=O)CSC[C@@H](C(=O)NCC(N)=O)NC(=O)[C@H](Cc2ccc(O)cc2)NC(=O)[C@H](Cc2c[nH]c3ccccc23)NC(=O)CNC1=O. The van der Waals surface area contributed by atoms with Crippen LogP contribution in [0.25, 0.3) is 10.9 Å². The first-order valence-electron chi connectivity index (χ1n) is 45.2. The summed E-state index contributed by atoms with van der Waals surface area (Å²) in [5.41, 5.74) is 19.2. The van der Waals surface area contributed by atoms with Crippen LogP contribution in [0.4, 0.5) is 0 Å². The zero-order valence-electron chi connectivity index (χ0n) is 76.7. The molecule has 9 rings (SSSR count). The van der Waals surface area contributed by atoms with Crippen LogP contribution < -0.4 is 91.6 Å². The van der Waals surface area contributed by atoms with Crippen molar-refractivity contribution in [2.45, 2.75) is 209 Å². The minimum Gasteiger partial charge on any atom is -0.508 e. The fourth-order valence-corrected chi connectivity index (χ4v) is 17.0. The Hall–Kier alpha value is -15.1. The summed E-state index contributed by atoms with van der Waals surface area (Å²) in [6.07, 6.45) is -2.55. The van der Waals surface area contributed by atoms with Gasteiger partial charge in [0.05, 0.1) is 25.3 Å². The van der Waals surface area contributed by atoms with Gasteiger partial charge in [-0.05, 0) is 152 Å². The number of amides is 17. The highest BCUT2D eigenvalue weighted by atomic mass is 32.2. The van der Waals surface area contributed by atoms with E-state index in [9.17, 15) is 78.3 Å². The van der Waals surface area contributed by atoms with E-state index in [1.807, 2.05) is 0 Å². The maximum Gasteiger partial charge on any atom is 0.303 e. The number of thioether (sulfide) groups is 1. The monoisotopic (exact) mass is 1930 g/mol. The maximum atomic E-state index is 15.5. The van der Waals surface area contributed by atoms with Gasteiger partial charge in [0, 0.05) is 81.0 Å². The minimum atomic E-state index is -1.95. The van der Waals surface area contributed by atoms with Crippen molar-refractivity contribution in [3.05, 3.63) is 155 Å². The van der Waals surface area contributed by atoms with E-state index in [0.717, 1.165) is 4.90 Å². The third kappa shape index (κ3) is 33.2. The first kappa shape index (κ1) is 107. The van der Waals surface area contributed by atoms with Crippen molar-refractivity contribution < 1.29 is 112 Å². The number of para-hydroxylation sites is 1. The number of aliphatic carboxylic acids is 1. The number of hydrogen-bond donors (Lipinski definition) is 24. The molecule has 45 heteroatoms. The number of phenolic OH excluding ortho intramolecular Hbond substituents is 4. The molecule has 0 bridgehead atoms. The van der Waals surface area contributed by atoms with Gasteiger partial charge >= 0.3 is 5.97 Å². The van der Waals surface area contributed by atoms with Crippen LogP contribution in [0.15, 0.2) is 128 Å². The second kappa shape index (κ2) is 51.6. The zero-order chi connectivity index (χ0) is 101. The van der Waals surface area contributed by atoms with Crippen molar-refractivity contribution >= 4 is 135 Å². The summed E-state index contributed by atoms with van der Waals surface area (Å²) in [6, 6.07) is 7.64. The number of guanidine groups is 1. The molecule has 27 N–H and O–H groups in total. The number of rotatable bonds is 26. The molecule has 3 aliphatic heterocycles. The number of H-pyrrole nitrogens is 1. The summed E-state index contributed by atoms with van der Waals surface area (Å²) in [5.74, 6) is -21.7. The van der Waals surface area contributed by atoms with Gasteiger partial charge in [-0.15, -0.1) is 11.8 Å². The highest BCUT2D eigenvalue weighted by molar-refractivity contribution is 8.00. The number of aromatic amines is 1. The Balaban J connectivity index is 1.10. The molecule has 0 saturated carbocycles. The Morgan fingerprint density at radius 2 is 0.855 bits per heavy atom. The van der Waals surface area contributed by atoms with Gasteiger partial charge in [-0.25, -0.2) is 0 Å². The molecule has 6 aromatic rings. The fraction of sp³-hybridized carbons (Fsp3) is 0.452. The Morgan fingerprint density at radius 3 is 1.36 bits per heavy atom. The van der Waals surface area contributed by atoms with Crippen LogP contribution in [0, 0.1) is 17.2 Å². The second-order valence-electron chi connectivity index (χ2n) is 35.0. The van der Waals surface area contributed by atoms with Crippen LogP contribution in [0.1, 0.15) is 126 Å². The number of nitrogens with zero attached hydrogens (tertiary/aromatic N) is 2. The summed E-state index contributed by atoms with van der Waals surface area (Å²) in [4.78, 5) is 267. The van der Waals surface area contributed by atoms with Gasteiger partial charge in [0.15, 0.2) is 5.96 Å². The molecular formula is C93H121N21O23S. The molecule has 138 heavy (non-hydrogen) atoms. The molecule has 3 aliphatic rings. The van der Waals surface area contributed by atoms with Gasteiger partial charge in [0.25, 0.3) is 0 Å². The van der Waals surface area contributed by atoms with Crippen molar-refractivity contribution in [3.63, 3.8) is 0 Å². The number of carboxylic acid groups (broad SMARTS) is 1. The predicted octanol–water partition coefficient (Wildman–Crippen LogP) is -2.62. The summed E-state index contributed by atoms with van der Waals surface area (Å²) in [6.45, 7) is 4.93. The summed E-state index contributed by atoms with van der Waals surface area (Å²) >= 11 is 0.692. The number of phenols is 4. The smallest absolute Gasteiger partial charge is 0.303 e. The van der Waals surface area contributed by atoms with Gasteiger partial charge in [0.2, 0.25) is 100 Å². The van der Waals surface area contributed by atoms with Gasteiger partial charge < -0.3 is 132 Å². The molecular weight excluding hydrogens is 1810 g/mol. The third-order valence-corrected chi connectivity index (χ3v) is 24.1. The number of nitrogens with two attached hydrogens (primary N) is 3. The molecule has 0 spiro atoms. The van der Waals surface area contributed by atoms with Crippen LogP contribution in [-0.4, -0.2) is 275 Å². The molecule has 0 unspecified atom stereocenters. The van der Waals surface area contributed by atoms with Crippen molar-refractivity contribution in [3.8, 4) is 23.0 Å². The number of benzene rings is 5. The lowest BCUT2D eigenvalue weighted by molar-refractivity contribution is -0.143. The standard InChI is InChI=1S/C93H121N21O23S/c1-49(2)36-64-80(125)101-46-77(121)102-69(42-55-44-99-61-11-6-5-10-60(55)61)87(132)107-67(39-52-17-25-57(116)26-18-52)86(131)112-72(81(126)100-45-76(95)120)47-138-48-78(122)103-66(38-51-15-23-56(115)24-16-51)84(129)108-70(43-75(94)119)88(133)111-71(41-54-21-29-59(118)30-22-54)92(137)114-35-9-14-74(114)90(135)110-68(40-53-19-27-58(117)28-20-53)85(130)105-63(12-7-33-98-93(96)97)91(136)113-34-8-13-73(113)89(134)109-65(37-50(3)4)83(128)104-62(82(127)106-64)31-32-79(123)124/h5-6,10-11,15-30,44,49-50,62-74,99,115-118H,7-9,12-14,31-43,45-48H2,1-4H3,(H2,94,119)(H2,95,120)(H,100,126)(H,101,125)(H,102,121)(H,103,122)(H,104,128)(H,105,130)(H,106,127)(H,107,132)(H,108,129)(H,109,134)(H,110,135)(H,111,133)(H,112,131)(H,123,124)(H4,96,97,98)/t62-,63-,64-,65-,66+,67-,68-,69-,70-,71-,72-,73-,74-/m0/s1. The number of fused-ring (bicyclic) bond motifs is 3. The van der Waals surface area contributed by atoms with Crippen molar-refractivity contribution in [1.82, 2.24) is 89.2 Å². The van der Waals surface area contributed by atoms with Gasteiger partial charge in [-0.1, -0.05) is 94.4 Å². The summed E-state index contributed by atoms with van der Waals surface area (Å²) in [7, 11) is 0. The summed E-state index contributed by atoms with van der Waals surface area (Å²) < 4.78 is 0. The van der Waals surface area contributed by atoms with Gasteiger partial charge in [-0.2, -0.15) is 0 Å². The number of hydrogen-bond acceptors (Lipinski definition) is 24. The highest BCUT2D eigenvalue weighted by Gasteiger charge is 2.44. The predicted molar refractivity (Wildman–Crippen MR) is 501 cm³/mol. The van der Waals surface area contributed by atoms with Gasteiger partial charge in [-0.3, -0.25) is 91.7 Å². The van der Waals surface area contributed by atoms with Crippen LogP contribution in [0.5, 0.6) is 23.0 Å². The Morgan fingerprint density at radius 1 is 0.449 bits per heavy atom. The lowest BCUT2D eigenvalue weighted by Crippen LogP contribution is -2.61. The van der Waals surface area contributed by atoms with Crippen LogP contribution >= 0.6 is 11.8 Å². The number of carbonyl (C=O) groups excluding carboxylic acids is 17. The number of aromatic nitrogens is 1. The van der Waals surface area contributed by atoms with Crippen molar-refractivity contribution in [2.24, 2.45) is 29.0 Å². The number of aromatic hydroxyl groups is 4. The van der Waals surface area contributed by atoms with E-state index in [2.05, 4.69) is 79.4 Å². The van der Waals surface area contributed by atoms with Crippen molar-refractivity contribution in [1.29, 1.82) is 5.41 Å². The van der Waals surface area contributed by atoms with E-state index < -0.39 is 248 Å². The molecule has 17 amide bonds. The fourth-order valence-electron chi connectivity index (χ4n) is 16.1. The largest absolute Gasteiger partial charge is 0.508 e. The average molecular weight is 1930 g/mol. The normalized spacial score (nSPS) is 23.0. The first-order chi connectivity index (χ1) is 65.6. The minimum absolute atomic E-state index is 0.00606. The van der Waals surface area contributed by atoms with Crippen molar-refractivity contribution in [2.75, 3.05) is 44.2 Å². The zero-order valence-corrected chi connectivity index (χ0v) is 77.5. The molecule has 3 fully saturated rings. The lowest BCUT2D eigenvalue weighted by Gasteiger charge is -2.32. The van der Waals surface area contributed by atoms with E-state index in [1.54, 1.807) is 58.2 Å². The van der Waals surface area contributed by atoms with Gasteiger partial charge in [0.1, 0.15) is 102 Å². The van der Waals surface area contributed by atoms with Crippen LogP contribution in [-0.2, 0) is 118 Å². The molecule has 4 heterocycles. The van der Waals surface area contributed by atoms with E-state index in [0.29, 0.717) is 50.5 Å². The molecule has 44 nitrogen and oxygen atoms in total. The molecule has 0 aliphatic carbocycles. The van der Waals surface area contributed by atoms with Crippen LogP contribution in [0.3, 0.4) is 0 Å². The number of carboxylic acids is 1. The molecule has 13 atom stereocenters. The molecule has 3 saturated heterocycles. The van der Waals surface area contributed by atoms with E-state index in [1.165, 1.54) is 102 Å². The van der Waals surface area contributed by atoms with E-state index in [-0.39, 0.29) is 125 Å². The quantitative estimate of drug-likeness (QED) is 0.0150. The average Bonchev–Trinajstić information content (AvgIpc) is 1.64. The second-order valence-corrected chi connectivity index (χ2v) is 36.0. The molecule has 5 aromatic carbocycles. The Labute approximate surface area is 798 Å². The molecule has 1 aromatic heterocycles. The summed E-state index contributed by atoms with van der Waals surface area (Å²) in [5, 5.41) is 96.0. The van der Waals surface area contributed by atoms with E-state index in [4.69, 9.17) is 22.6 Å². The Kier molecular flexibility index (Phi) is 39.8. The topological polar surface area (TPSA) is 701 Å².